The SMILES string of the molecule is CC(CNC(=O)CC(C)(C)CC(=O)O)c1nccs1. The molecule has 1 aromatic heterocycles. The summed E-state index contributed by atoms with van der Waals surface area (Å²) < 4.78 is 0. The Morgan fingerprint density at radius 3 is 2.68 bits per heavy atom. The minimum absolute atomic E-state index is 0.0115. The lowest BCUT2D eigenvalue weighted by atomic mass is 9.85. The van der Waals surface area contributed by atoms with Crippen LogP contribution >= 0.6 is 11.3 Å². The van der Waals surface area contributed by atoms with Gasteiger partial charge in [-0.15, -0.1) is 11.3 Å². The zero-order valence-electron chi connectivity index (χ0n) is 11.5. The summed E-state index contributed by atoms with van der Waals surface area (Å²) in [7, 11) is 0. The first-order valence-electron chi connectivity index (χ1n) is 6.18. The summed E-state index contributed by atoms with van der Waals surface area (Å²) in [5, 5.41) is 14.5. The third-order valence-electron chi connectivity index (χ3n) is 2.75. The summed E-state index contributed by atoms with van der Waals surface area (Å²) >= 11 is 1.56. The van der Waals surface area contributed by atoms with Gasteiger partial charge in [0, 0.05) is 30.5 Å². The summed E-state index contributed by atoms with van der Waals surface area (Å²) in [4.78, 5) is 26.7. The number of carboxylic acids is 1. The predicted octanol–water partition coefficient (Wildman–Crippen LogP) is 2.25. The molecule has 0 bridgehead atoms. The maximum atomic E-state index is 11.8. The lowest BCUT2D eigenvalue weighted by molar-refractivity contribution is -0.139. The van der Waals surface area contributed by atoms with Crippen molar-refractivity contribution in [3.05, 3.63) is 16.6 Å². The van der Waals surface area contributed by atoms with Crippen LogP contribution in [0.5, 0.6) is 0 Å². The second-order valence-corrected chi connectivity index (χ2v) is 6.41. The van der Waals surface area contributed by atoms with Crippen molar-refractivity contribution in [3.8, 4) is 0 Å². The predicted molar refractivity (Wildman–Crippen MR) is 74.2 cm³/mol. The van der Waals surface area contributed by atoms with E-state index >= 15 is 0 Å². The van der Waals surface area contributed by atoms with Crippen LogP contribution in [-0.2, 0) is 9.59 Å². The first kappa shape index (κ1) is 15.6. The van der Waals surface area contributed by atoms with Gasteiger partial charge in [-0.1, -0.05) is 20.8 Å². The fourth-order valence-corrected chi connectivity index (χ4v) is 2.50. The summed E-state index contributed by atoms with van der Waals surface area (Å²) in [6.45, 7) is 6.09. The van der Waals surface area contributed by atoms with Crippen molar-refractivity contribution in [2.45, 2.75) is 39.5 Å². The average molecular weight is 284 g/mol. The zero-order chi connectivity index (χ0) is 14.5. The van der Waals surface area contributed by atoms with Crippen molar-refractivity contribution in [2.75, 3.05) is 6.54 Å². The Labute approximate surface area is 117 Å². The molecule has 1 unspecified atom stereocenters. The molecule has 0 fully saturated rings. The van der Waals surface area contributed by atoms with Crippen LogP contribution in [0.4, 0.5) is 0 Å². The Kier molecular flexibility index (Phi) is 5.47. The Morgan fingerprint density at radius 2 is 2.16 bits per heavy atom. The standard InChI is InChI=1S/C13H20N2O3S/c1-9(12-14-4-5-19-12)8-15-10(16)6-13(2,3)7-11(17)18/h4-5,9H,6-8H2,1-3H3,(H,15,16)(H,17,18). The number of carboxylic acid groups (broad SMARTS) is 1. The van der Waals surface area contributed by atoms with Gasteiger partial charge in [-0.3, -0.25) is 9.59 Å². The molecule has 2 N–H and O–H groups in total. The highest BCUT2D eigenvalue weighted by atomic mass is 32.1. The lowest BCUT2D eigenvalue weighted by Crippen LogP contribution is -2.32. The fourth-order valence-electron chi connectivity index (χ4n) is 1.80. The maximum absolute atomic E-state index is 11.8. The largest absolute Gasteiger partial charge is 0.481 e. The van der Waals surface area contributed by atoms with Gasteiger partial charge >= 0.3 is 5.97 Å². The van der Waals surface area contributed by atoms with Crippen molar-refractivity contribution in [2.24, 2.45) is 5.41 Å². The number of hydrogen-bond donors (Lipinski definition) is 2. The normalized spacial score (nSPS) is 13.0. The molecule has 106 valence electrons. The molecule has 1 amide bonds. The van der Waals surface area contributed by atoms with Gasteiger partial charge in [0.15, 0.2) is 0 Å². The van der Waals surface area contributed by atoms with Crippen molar-refractivity contribution in [1.29, 1.82) is 0 Å². The molecule has 1 atom stereocenters. The Bertz CT molecular complexity index is 429. The second kappa shape index (κ2) is 6.65. The number of amides is 1. The van der Waals surface area contributed by atoms with Crippen LogP contribution in [0.15, 0.2) is 11.6 Å². The molecule has 0 aliphatic heterocycles. The Morgan fingerprint density at radius 1 is 1.47 bits per heavy atom. The molecule has 0 aliphatic carbocycles. The highest BCUT2D eigenvalue weighted by Crippen LogP contribution is 2.25. The first-order valence-corrected chi connectivity index (χ1v) is 7.06. The molecule has 6 heteroatoms. The monoisotopic (exact) mass is 284 g/mol. The summed E-state index contributed by atoms with van der Waals surface area (Å²) in [6, 6.07) is 0. The van der Waals surface area contributed by atoms with E-state index in [1.165, 1.54) is 0 Å². The van der Waals surface area contributed by atoms with Gasteiger partial charge < -0.3 is 10.4 Å². The molecule has 19 heavy (non-hydrogen) atoms. The molecule has 0 aliphatic rings. The molecule has 0 saturated carbocycles. The Hall–Kier alpha value is -1.43. The number of carbonyl (C=O) groups is 2. The molecule has 0 aromatic carbocycles. The highest BCUT2D eigenvalue weighted by molar-refractivity contribution is 7.09. The van der Waals surface area contributed by atoms with E-state index in [1.54, 1.807) is 31.4 Å². The zero-order valence-corrected chi connectivity index (χ0v) is 12.3. The van der Waals surface area contributed by atoms with Gasteiger partial charge in [-0.05, 0) is 5.41 Å². The van der Waals surface area contributed by atoms with Gasteiger partial charge in [-0.25, -0.2) is 4.98 Å². The number of nitrogens with zero attached hydrogens (tertiary/aromatic N) is 1. The van der Waals surface area contributed by atoms with Crippen LogP contribution in [0.25, 0.3) is 0 Å². The second-order valence-electron chi connectivity index (χ2n) is 5.49. The smallest absolute Gasteiger partial charge is 0.303 e. The van der Waals surface area contributed by atoms with Crippen LogP contribution in [0.3, 0.4) is 0 Å². The van der Waals surface area contributed by atoms with Crippen LogP contribution in [0.2, 0.25) is 0 Å². The fraction of sp³-hybridized carbons (Fsp3) is 0.615. The van der Waals surface area contributed by atoms with Crippen LogP contribution in [0, 0.1) is 5.41 Å². The minimum Gasteiger partial charge on any atom is -0.481 e. The van der Waals surface area contributed by atoms with E-state index in [9.17, 15) is 9.59 Å². The van der Waals surface area contributed by atoms with Gasteiger partial charge in [0.25, 0.3) is 0 Å². The van der Waals surface area contributed by atoms with E-state index in [0.717, 1.165) is 5.01 Å². The number of aliphatic carboxylic acids is 1. The number of carbonyl (C=O) groups excluding carboxylic acids is 1. The summed E-state index contributed by atoms with van der Waals surface area (Å²) in [6.07, 6.45) is 1.95. The molecular formula is C13H20N2O3S. The summed E-state index contributed by atoms with van der Waals surface area (Å²) in [5.41, 5.74) is -0.527. The molecule has 1 rings (SSSR count). The average Bonchev–Trinajstić information content (AvgIpc) is 2.76. The number of aromatic nitrogens is 1. The number of nitrogens with one attached hydrogen (secondary N) is 1. The molecule has 5 nitrogen and oxygen atoms in total. The van der Waals surface area contributed by atoms with Crippen LogP contribution < -0.4 is 5.32 Å². The number of thiazole rings is 1. The lowest BCUT2D eigenvalue weighted by Gasteiger charge is -2.22. The van der Waals surface area contributed by atoms with Crippen molar-refractivity contribution >= 4 is 23.2 Å². The molecular weight excluding hydrogens is 264 g/mol. The van der Waals surface area contributed by atoms with Crippen molar-refractivity contribution < 1.29 is 14.7 Å². The van der Waals surface area contributed by atoms with Gasteiger partial charge in [0.2, 0.25) is 5.91 Å². The number of hydrogen-bond acceptors (Lipinski definition) is 4. The number of rotatable bonds is 7. The summed E-state index contributed by atoms with van der Waals surface area (Å²) in [5.74, 6) is -0.824. The minimum atomic E-state index is -0.881. The molecule has 0 saturated heterocycles. The Balaban J connectivity index is 2.37. The quantitative estimate of drug-likeness (QED) is 0.805. The third-order valence-corrected chi connectivity index (χ3v) is 3.75. The van der Waals surface area contributed by atoms with Crippen molar-refractivity contribution in [3.63, 3.8) is 0 Å². The van der Waals surface area contributed by atoms with Gasteiger partial charge in [-0.2, -0.15) is 0 Å². The van der Waals surface area contributed by atoms with Gasteiger partial charge in [0.1, 0.15) is 0 Å². The van der Waals surface area contributed by atoms with E-state index in [1.807, 2.05) is 12.3 Å². The van der Waals surface area contributed by atoms with Crippen molar-refractivity contribution in [1.82, 2.24) is 10.3 Å². The van der Waals surface area contributed by atoms with Crippen LogP contribution in [0.1, 0.15) is 44.5 Å². The van der Waals surface area contributed by atoms with E-state index in [2.05, 4.69) is 10.3 Å². The molecule has 0 radical (unpaired) electrons. The van der Waals surface area contributed by atoms with E-state index in [-0.39, 0.29) is 24.7 Å². The molecule has 1 heterocycles. The first-order chi connectivity index (χ1) is 8.80. The van der Waals surface area contributed by atoms with E-state index in [0.29, 0.717) is 6.54 Å². The molecule has 1 aromatic rings. The van der Waals surface area contributed by atoms with Gasteiger partial charge in [0.05, 0.1) is 11.4 Å². The van der Waals surface area contributed by atoms with E-state index < -0.39 is 11.4 Å². The van der Waals surface area contributed by atoms with E-state index in [4.69, 9.17) is 5.11 Å². The topological polar surface area (TPSA) is 79.3 Å². The third kappa shape index (κ3) is 5.83. The molecule has 0 spiro atoms. The van der Waals surface area contributed by atoms with Crippen LogP contribution in [-0.4, -0.2) is 28.5 Å². The highest BCUT2D eigenvalue weighted by Gasteiger charge is 2.25. The maximum Gasteiger partial charge on any atom is 0.303 e.